The zero-order valence-electron chi connectivity index (χ0n) is 7.12. The van der Waals surface area contributed by atoms with E-state index in [0.29, 0.717) is 11.8 Å². The largest absolute Gasteiger partial charge is 0.480 e. The Bertz CT molecular complexity index is 210. The number of methoxy groups -OCH3 is 3. The Labute approximate surface area is 70.3 Å². The molecule has 0 spiro atoms. The summed E-state index contributed by atoms with van der Waals surface area (Å²) in [6.07, 6.45) is 0. The number of hydrogen-bond donors (Lipinski definition) is 0. The van der Waals surface area contributed by atoms with Crippen LogP contribution < -0.4 is 14.2 Å². The summed E-state index contributed by atoms with van der Waals surface area (Å²) in [6.45, 7) is 0. The minimum Gasteiger partial charge on any atom is -0.480 e. The van der Waals surface area contributed by atoms with Gasteiger partial charge in [-0.05, 0) is 0 Å². The third-order valence-corrected chi connectivity index (χ3v) is 1.18. The molecule has 0 bridgehead atoms. The molecule has 1 heterocycles. The zero-order chi connectivity index (χ0) is 8.97. The molecular weight excluding hydrogens is 160 g/mol. The van der Waals surface area contributed by atoms with Crippen LogP contribution in [0.1, 0.15) is 0 Å². The Morgan fingerprint density at radius 3 is 1.75 bits per heavy atom. The average Bonchev–Trinajstić information content (AvgIpc) is 2.16. The normalized spacial score (nSPS) is 9.25. The van der Waals surface area contributed by atoms with Gasteiger partial charge in [-0.2, -0.15) is 9.97 Å². The number of rotatable bonds is 3. The Kier molecular flexibility index (Phi) is 2.68. The van der Waals surface area contributed by atoms with Crippen molar-refractivity contribution in [1.82, 2.24) is 9.97 Å². The summed E-state index contributed by atoms with van der Waals surface area (Å²) in [7, 11) is 4.43. The highest BCUT2D eigenvalue weighted by molar-refractivity contribution is 5.20. The molecule has 0 fully saturated rings. The van der Waals surface area contributed by atoms with Crippen LogP contribution in [0.4, 0.5) is 0 Å². The first kappa shape index (κ1) is 8.58. The van der Waals surface area contributed by atoms with Crippen LogP contribution >= 0.6 is 0 Å². The lowest BCUT2D eigenvalue weighted by atomic mass is 10.6. The summed E-state index contributed by atoms with van der Waals surface area (Å²) in [5, 5.41) is 0. The van der Waals surface area contributed by atoms with E-state index >= 15 is 0 Å². The maximum Gasteiger partial charge on any atom is 0.322 e. The van der Waals surface area contributed by atoms with Crippen molar-refractivity contribution >= 4 is 0 Å². The van der Waals surface area contributed by atoms with Gasteiger partial charge in [0, 0.05) is 0 Å². The molecule has 65 valence electrons. The lowest BCUT2D eigenvalue weighted by Gasteiger charge is -2.03. The number of aromatic nitrogens is 2. The second-order valence-corrected chi connectivity index (χ2v) is 1.85. The van der Waals surface area contributed by atoms with E-state index in [1.165, 1.54) is 21.3 Å². The molecule has 5 nitrogen and oxygen atoms in total. The molecule has 0 unspecified atom stereocenters. The molecule has 0 amide bonds. The second-order valence-electron chi connectivity index (χ2n) is 1.85. The molecule has 5 heteroatoms. The standard InChI is InChI=1S/C7H9N2O3/c1-10-5-4-6(11-2)9-7(8-5)12-3/h1-3H3. The number of nitrogens with zero attached hydrogens (tertiary/aromatic N) is 2. The van der Waals surface area contributed by atoms with Gasteiger partial charge in [-0.15, -0.1) is 0 Å². The van der Waals surface area contributed by atoms with Crippen molar-refractivity contribution in [3.05, 3.63) is 6.07 Å². The maximum atomic E-state index is 4.83. The first-order valence-corrected chi connectivity index (χ1v) is 3.23. The fourth-order valence-electron chi connectivity index (χ4n) is 0.631. The van der Waals surface area contributed by atoms with Crippen LogP contribution in [0.15, 0.2) is 0 Å². The highest BCUT2D eigenvalue weighted by atomic mass is 16.5. The predicted molar refractivity (Wildman–Crippen MR) is 40.5 cm³/mol. The fourth-order valence-corrected chi connectivity index (χ4v) is 0.631. The molecule has 1 radical (unpaired) electrons. The Morgan fingerprint density at radius 2 is 1.42 bits per heavy atom. The minimum atomic E-state index is 0.197. The quantitative estimate of drug-likeness (QED) is 0.651. The topological polar surface area (TPSA) is 53.5 Å². The van der Waals surface area contributed by atoms with Crippen LogP contribution in [0.3, 0.4) is 0 Å². The lowest BCUT2D eigenvalue weighted by Crippen LogP contribution is -1.98. The highest BCUT2D eigenvalue weighted by Gasteiger charge is 2.04. The van der Waals surface area contributed by atoms with Gasteiger partial charge < -0.3 is 14.2 Å². The SMILES string of the molecule is COc1[c]c(OC)nc(OC)n1. The van der Waals surface area contributed by atoms with Crippen LogP contribution in [0.5, 0.6) is 17.8 Å². The van der Waals surface area contributed by atoms with Gasteiger partial charge in [-0.25, -0.2) is 0 Å². The zero-order valence-corrected chi connectivity index (χ0v) is 7.12. The number of hydrogen-bond acceptors (Lipinski definition) is 5. The smallest absolute Gasteiger partial charge is 0.322 e. The first-order chi connectivity index (χ1) is 5.80. The monoisotopic (exact) mass is 169 g/mol. The Hall–Kier alpha value is -1.52. The van der Waals surface area contributed by atoms with E-state index in [2.05, 4.69) is 16.0 Å². The summed E-state index contributed by atoms with van der Waals surface area (Å²) in [5.74, 6) is 0.581. The highest BCUT2D eigenvalue weighted by Crippen LogP contribution is 2.16. The van der Waals surface area contributed by atoms with Crippen LogP contribution in [-0.2, 0) is 0 Å². The molecule has 1 aromatic rings. The van der Waals surface area contributed by atoms with E-state index in [4.69, 9.17) is 14.2 Å². The van der Waals surface area contributed by atoms with Crippen molar-refractivity contribution in [3.63, 3.8) is 0 Å². The van der Waals surface area contributed by atoms with Crippen molar-refractivity contribution < 1.29 is 14.2 Å². The van der Waals surface area contributed by atoms with Crippen molar-refractivity contribution in [2.45, 2.75) is 0 Å². The van der Waals surface area contributed by atoms with Crippen LogP contribution in [0.25, 0.3) is 0 Å². The molecule has 0 saturated carbocycles. The van der Waals surface area contributed by atoms with Crippen LogP contribution in [-0.4, -0.2) is 31.3 Å². The van der Waals surface area contributed by atoms with Crippen molar-refractivity contribution in [2.75, 3.05) is 21.3 Å². The van der Waals surface area contributed by atoms with Gasteiger partial charge in [0.15, 0.2) is 0 Å². The van der Waals surface area contributed by atoms with E-state index in [1.807, 2.05) is 0 Å². The van der Waals surface area contributed by atoms with Crippen molar-refractivity contribution in [3.8, 4) is 17.8 Å². The van der Waals surface area contributed by atoms with Gasteiger partial charge in [0.25, 0.3) is 0 Å². The third kappa shape index (κ3) is 1.75. The maximum absolute atomic E-state index is 4.83. The van der Waals surface area contributed by atoms with Crippen LogP contribution in [0, 0.1) is 6.07 Å². The van der Waals surface area contributed by atoms with Gasteiger partial charge in [0.1, 0.15) is 6.07 Å². The van der Waals surface area contributed by atoms with Gasteiger partial charge >= 0.3 is 6.01 Å². The average molecular weight is 169 g/mol. The molecule has 1 aromatic heterocycles. The molecule has 0 aliphatic heterocycles. The predicted octanol–water partition coefficient (Wildman–Crippen LogP) is 0.303. The minimum absolute atomic E-state index is 0.197. The summed E-state index contributed by atoms with van der Waals surface area (Å²) in [5.41, 5.74) is 0. The number of ether oxygens (including phenoxy) is 3. The van der Waals surface area contributed by atoms with Crippen LogP contribution in [0.2, 0.25) is 0 Å². The molecule has 0 aliphatic rings. The summed E-state index contributed by atoms with van der Waals surface area (Å²) >= 11 is 0. The molecule has 0 N–H and O–H groups in total. The molecule has 0 atom stereocenters. The Morgan fingerprint density at radius 1 is 0.917 bits per heavy atom. The molecule has 0 saturated heterocycles. The van der Waals surface area contributed by atoms with E-state index in [9.17, 15) is 0 Å². The summed E-state index contributed by atoms with van der Waals surface area (Å²) in [6, 6.07) is 2.87. The van der Waals surface area contributed by atoms with E-state index in [0.717, 1.165) is 0 Å². The van der Waals surface area contributed by atoms with E-state index in [-0.39, 0.29) is 6.01 Å². The van der Waals surface area contributed by atoms with E-state index < -0.39 is 0 Å². The van der Waals surface area contributed by atoms with Gasteiger partial charge in [0.05, 0.1) is 21.3 Å². The van der Waals surface area contributed by atoms with Gasteiger partial charge in [0.2, 0.25) is 11.8 Å². The van der Waals surface area contributed by atoms with E-state index in [1.54, 1.807) is 0 Å². The van der Waals surface area contributed by atoms with Crippen molar-refractivity contribution in [2.24, 2.45) is 0 Å². The first-order valence-electron chi connectivity index (χ1n) is 3.23. The summed E-state index contributed by atoms with van der Waals surface area (Å²) < 4.78 is 14.5. The van der Waals surface area contributed by atoms with Gasteiger partial charge in [-0.1, -0.05) is 0 Å². The molecule has 0 aromatic carbocycles. The third-order valence-electron chi connectivity index (χ3n) is 1.18. The fraction of sp³-hybridized carbons (Fsp3) is 0.429. The lowest BCUT2D eigenvalue weighted by molar-refractivity contribution is 0.328. The summed E-state index contributed by atoms with van der Waals surface area (Å²) in [4.78, 5) is 7.65. The molecular formula is C7H9N2O3. The van der Waals surface area contributed by atoms with Gasteiger partial charge in [-0.3, -0.25) is 0 Å². The Balaban J connectivity index is 3.01. The molecule has 12 heavy (non-hydrogen) atoms. The second kappa shape index (κ2) is 3.75. The molecule has 1 rings (SSSR count). The molecule has 0 aliphatic carbocycles. The van der Waals surface area contributed by atoms with Crippen molar-refractivity contribution in [1.29, 1.82) is 0 Å².